The predicted octanol–water partition coefficient (Wildman–Crippen LogP) is 10.3. The van der Waals surface area contributed by atoms with Gasteiger partial charge in [0.25, 0.3) is 0 Å². The van der Waals surface area contributed by atoms with Crippen molar-refractivity contribution in [1.29, 1.82) is 5.26 Å². The molecule has 204 valence electrons. The number of aromatic nitrogens is 3. The fraction of sp³-hybridized carbons (Fsp3) is 0. The molecule has 3 aromatic heterocycles. The lowest BCUT2D eigenvalue weighted by Crippen LogP contribution is -1.97. The minimum atomic E-state index is 0.626. The summed E-state index contributed by atoms with van der Waals surface area (Å²) in [6, 6.07) is 48.4. The van der Waals surface area contributed by atoms with Crippen LogP contribution >= 0.6 is 11.3 Å². The Balaban J connectivity index is 1.21. The second kappa shape index (κ2) is 9.60. The summed E-state index contributed by atoms with van der Waals surface area (Å²) in [5, 5.41) is 15.3. The lowest BCUT2D eigenvalue weighted by Gasteiger charge is -2.11. The molecular weight excluding hydrogens is 557 g/mol. The third-order valence-corrected chi connectivity index (χ3v) is 9.58. The molecule has 6 aromatic carbocycles. The zero-order chi connectivity index (χ0) is 29.2. The molecule has 0 aliphatic carbocycles. The number of benzene rings is 6. The summed E-state index contributed by atoms with van der Waals surface area (Å²) in [7, 11) is 0. The Morgan fingerprint density at radius 2 is 1.25 bits per heavy atom. The Hall–Kier alpha value is -5.83. The molecule has 0 aliphatic heterocycles. The smallest absolute Gasteiger partial charge is 0.160 e. The van der Waals surface area contributed by atoms with E-state index < -0.39 is 0 Å². The van der Waals surface area contributed by atoms with Crippen LogP contribution in [0, 0.1) is 11.3 Å². The molecule has 5 heteroatoms. The molecule has 0 radical (unpaired) electrons. The maximum absolute atomic E-state index is 9.27. The average Bonchev–Trinajstić information content (AvgIpc) is 3.61. The summed E-state index contributed by atoms with van der Waals surface area (Å²) in [6.07, 6.45) is 0. The lowest BCUT2D eigenvalue weighted by molar-refractivity contribution is 1.18. The molecule has 0 aliphatic rings. The normalized spacial score (nSPS) is 11.6. The van der Waals surface area contributed by atoms with Gasteiger partial charge in [0.15, 0.2) is 5.82 Å². The molecule has 0 spiro atoms. The number of rotatable bonds is 3. The van der Waals surface area contributed by atoms with Crippen molar-refractivity contribution in [1.82, 2.24) is 14.5 Å². The molecule has 3 heterocycles. The number of fused-ring (bicyclic) bond motifs is 7. The highest BCUT2D eigenvalue weighted by molar-refractivity contribution is 7.25. The quantitative estimate of drug-likeness (QED) is 0.210. The Morgan fingerprint density at radius 3 is 2.07 bits per heavy atom. The minimum Gasteiger partial charge on any atom is -0.309 e. The molecule has 9 rings (SSSR count). The van der Waals surface area contributed by atoms with Crippen molar-refractivity contribution in [2.24, 2.45) is 0 Å². The Kier molecular flexibility index (Phi) is 5.40. The molecule has 0 saturated carbocycles. The van der Waals surface area contributed by atoms with Crippen molar-refractivity contribution < 1.29 is 0 Å². The van der Waals surface area contributed by atoms with Gasteiger partial charge in [0, 0.05) is 53.1 Å². The van der Waals surface area contributed by atoms with E-state index in [4.69, 9.17) is 9.97 Å². The van der Waals surface area contributed by atoms with E-state index in [9.17, 15) is 5.26 Å². The summed E-state index contributed by atoms with van der Waals surface area (Å²) in [5.41, 5.74) is 7.73. The van der Waals surface area contributed by atoms with Gasteiger partial charge >= 0.3 is 0 Å². The Morgan fingerprint density at radius 1 is 0.545 bits per heavy atom. The molecule has 9 aromatic rings. The summed E-state index contributed by atoms with van der Waals surface area (Å²) >= 11 is 1.85. The highest BCUT2D eigenvalue weighted by atomic mass is 32.1. The highest BCUT2D eigenvalue weighted by Gasteiger charge is 2.16. The van der Waals surface area contributed by atoms with Gasteiger partial charge in [0.1, 0.15) is 0 Å². The standard InChI is InChI=1S/C39H22N4S/c40-23-24-13-15-25(16-14-24)38-30-9-1-4-10-33(30)41-39(42-38)26-17-19-27(20-18-26)43-34-11-5-2-7-28(34)31-22-37-32(21-35(31)43)29-8-3-6-12-36(29)44-37/h1-22H. The van der Waals surface area contributed by atoms with Crippen molar-refractivity contribution in [3.05, 3.63) is 139 Å². The van der Waals surface area contributed by atoms with Gasteiger partial charge in [-0.1, -0.05) is 66.7 Å². The molecule has 0 amide bonds. The lowest BCUT2D eigenvalue weighted by atomic mass is 10.0. The van der Waals surface area contributed by atoms with Crippen molar-refractivity contribution in [2.75, 3.05) is 0 Å². The van der Waals surface area contributed by atoms with E-state index in [1.54, 1.807) is 0 Å². The van der Waals surface area contributed by atoms with E-state index in [0.717, 1.165) is 33.4 Å². The van der Waals surface area contributed by atoms with E-state index in [-0.39, 0.29) is 0 Å². The molecule has 0 N–H and O–H groups in total. The second-order valence-corrected chi connectivity index (χ2v) is 12.0. The van der Waals surface area contributed by atoms with Gasteiger partial charge in [-0.25, -0.2) is 9.97 Å². The van der Waals surface area contributed by atoms with E-state index in [0.29, 0.717) is 11.4 Å². The Bertz CT molecular complexity index is 2600. The maximum atomic E-state index is 9.27. The van der Waals surface area contributed by atoms with Crippen LogP contribution in [0.25, 0.3) is 81.2 Å². The van der Waals surface area contributed by atoms with Gasteiger partial charge in [-0.05, 0) is 66.7 Å². The minimum absolute atomic E-state index is 0.626. The fourth-order valence-electron chi connectivity index (χ4n) is 6.35. The van der Waals surface area contributed by atoms with Crippen LogP contribution in [0.4, 0.5) is 0 Å². The van der Waals surface area contributed by atoms with E-state index in [2.05, 4.69) is 95.6 Å². The number of nitriles is 1. The van der Waals surface area contributed by atoms with Crippen LogP contribution in [0.5, 0.6) is 0 Å². The van der Waals surface area contributed by atoms with Gasteiger partial charge in [0.05, 0.1) is 33.9 Å². The molecule has 4 nitrogen and oxygen atoms in total. The summed E-state index contributed by atoms with van der Waals surface area (Å²) in [5.74, 6) is 0.670. The fourth-order valence-corrected chi connectivity index (χ4v) is 7.48. The number of thiophene rings is 1. The maximum Gasteiger partial charge on any atom is 0.160 e. The largest absolute Gasteiger partial charge is 0.309 e. The van der Waals surface area contributed by atoms with Gasteiger partial charge in [-0.2, -0.15) is 5.26 Å². The van der Waals surface area contributed by atoms with E-state index >= 15 is 0 Å². The predicted molar refractivity (Wildman–Crippen MR) is 182 cm³/mol. The second-order valence-electron chi connectivity index (χ2n) is 11.0. The molecule has 0 unspecified atom stereocenters. The topological polar surface area (TPSA) is 54.5 Å². The van der Waals surface area contributed by atoms with Crippen LogP contribution < -0.4 is 0 Å². The first kappa shape index (κ1) is 24.7. The van der Waals surface area contributed by atoms with Crippen molar-refractivity contribution in [3.8, 4) is 34.4 Å². The number of para-hydroxylation sites is 2. The summed E-state index contributed by atoms with van der Waals surface area (Å²) in [6.45, 7) is 0. The van der Waals surface area contributed by atoms with Crippen LogP contribution in [0.1, 0.15) is 5.56 Å². The van der Waals surface area contributed by atoms with Gasteiger partial charge in [-0.15, -0.1) is 11.3 Å². The third-order valence-electron chi connectivity index (χ3n) is 8.45. The van der Waals surface area contributed by atoms with Crippen LogP contribution in [-0.2, 0) is 0 Å². The van der Waals surface area contributed by atoms with Crippen molar-refractivity contribution in [2.45, 2.75) is 0 Å². The molecule has 44 heavy (non-hydrogen) atoms. The third kappa shape index (κ3) is 3.75. The summed E-state index contributed by atoms with van der Waals surface area (Å²) < 4.78 is 4.98. The molecule has 0 atom stereocenters. The number of nitrogens with zero attached hydrogens (tertiary/aromatic N) is 4. The van der Waals surface area contributed by atoms with Crippen LogP contribution in [-0.4, -0.2) is 14.5 Å². The molecule has 0 fully saturated rings. The first-order valence-corrected chi connectivity index (χ1v) is 15.3. The highest BCUT2D eigenvalue weighted by Crippen LogP contribution is 2.40. The van der Waals surface area contributed by atoms with Crippen molar-refractivity contribution in [3.63, 3.8) is 0 Å². The monoisotopic (exact) mass is 578 g/mol. The molecule has 0 saturated heterocycles. The average molecular weight is 579 g/mol. The van der Waals surface area contributed by atoms with Gasteiger partial charge < -0.3 is 4.57 Å². The first-order chi connectivity index (χ1) is 21.7. The first-order valence-electron chi connectivity index (χ1n) is 14.5. The van der Waals surface area contributed by atoms with Gasteiger partial charge in [-0.3, -0.25) is 0 Å². The SMILES string of the molecule is N#Cc1ccc(-c2nc(-c3ccc(-n4c5ccccc5c5cc6sc7ccccc7c6cc54)cc3)nc3ccccc23)cc1. The Labute approximate surface area is 256 Å². The zero-order valence-corrected chi connectivity index (χ0v) is 24.2. The van der Waals surface area contributed by atoms with E-state index in [1.807, 2.05) is 59.9 Å². The van der Waals surface area contributed by atoms with Gasteiger partial charge in [0.2, 0.25) is 0 Å². The van der Waals surface area contributed by atoms with Crippen LogP contribution in [0.15, 0.2) is 133 Å². The summed E-state index contributed by atoms with van der Waals surface area (Å²) in [4.78, 5) is 9.99. The molecule has 0 bridgehead atoms. The van der Waals surface area contributed by atoms with Crippen LogP contribution in [0.2, 0.25) is 0 Å². The number of hydrogen-bond donors (Lipinski definition) is 0. The van der Waals surface area contributed by atoms with E-state index in [1.165, 1.54) is 42.0 Å². The van der Waals surface area contributed by atoms with Crippen molar-refractivity contribution >= 4 is 64.2 Å². The number of hydrogen-bond acceptors (Lipinski definition) is 4. The molecular formula is C39H22N4S. The zero-order valence-electron chi connectivity index (χ0n) is 23.4. The van der Waals surface area contributed by atoms with Crippen LogP contribution in [0.3, 0.4) is 0 Å².